The molecule has 1 aliphatic rings. The zero-order chi connectivity index (χ0) is 11.7. The van der Waals surface area contributed by atoms with E-state index in [0.29, 0.717) is 11.6 Å². The van der Waals surface area contributed by atoms with E-state index in [9.17, 15) is 4.79 Å². The van der Waals surface area contributed by atoms with Gasteiger partial charge in [0.05, 0.1) is 12.7 Å². The molecule has 86 valence electrons. The summed E-state index contributed by atoms with van der Waals surface area (Å²) in [7, 11) is 3.54. The first kappa shape index (κ1) is 11.1. The number of esters is 1. The summed E-state index contributed by atoms with van der Waals surface area (Å²) in [6.07, 6.45) is 1.00. The molecule has 0 spiro atoms. The van der Waals surface area contributed by atoms with E-state index in [2.05, 4.69) is 18.9 Å². The Kier molecular flexibility index (Phi) is 2.97. The third kappa shape index (κ3) is 1.83. The molecule has 0 saturated carbocycles. The van der Waals surface area contributed by atoms with Crippen LogP contribution in [-0.4, -0.2) is 31.6 Å². The van der Waals surface area contributed by atoms with Gasteiger partial charge in [-0.25, -0.2) is 4.79 Å². The number of likely N-dealkylation sites (N-methyl/N-ethyl adjacent to an activating group) is 1. The van der Waals surface area contributed by atoms with E-state index >= 15 is 0 Å². The summed E-state index contributed by atoms with van der Waals surface area (Å²) >= 11 is 0. The van der Waals surface area contributed by atoms with Crippen LogP contribution in [0.15, 0.2) is 18.2 Å². The van der Waals surface area contributed by atoms with E-state index in [1.807, 2.05) is 18.2 Å². The SMILES string of the molecule is COC(=O)c1ccc2c(c1)CCN(C)C2C. The molecule has 0 aromatic heterocycles. The third-order valence-electron chi connectivity index (χ3n) is 3.41. The smallest absolute Gasteiger partial charge is 0.337 e. The number of carbonyl (C=O) groups excluding carboxylic acids is 1. The van der Waals surface area contributed by atoms with Gasteiger partial charge in [0.1, 0.15) is 0 Å². The number of nitrogens with zero attached hydrogens (tertiary/aromatic N) is 1. The van der Waals surface area contributed by atoms with Gasteiger partial charge >= 0.3 is 5.97 Å². The number of rotatable bonds is 1. The molecule has 1 heterocycles. The molecule has 0 radical (unpaired) electrons. The van der Waals surface area contributed by atoms with Gasteiger partial charge in [-0.1, -0.05) is 6.07 Å². The van der Waals surface area contributed by atoms with Gasteiger partial charge in [0.15, 0.2) is 0 Å². The molecule has 0 bridgehead atoms. The highest BCUT2D eigenvalue weighted by atomic mass is 16.5. The molecule has 16 heavy (non-hydrogen) atoms. The maximum Gasteiger partial charge on any atom is 0.337 e. The molecule has 1 aliphatic heterocycles. The van der Waals surface area contributed by atoms with Crippen LogP contribution in [0.5, 0.6) is 0 Å². The Morgan fingerprint density at radius 3 is 2.94 bits per heavy atom. The largest absolute Gasteiger partial charge is 0.465 e. The first-order valence-corrected chi connectivity index (χ1v) is 5.55. The van der Waals surface area contributed by atoms with E-state index in [1.165, 1.54) is 18.2 Å². The summed E-state index contributed by atoms with van der Waals surface area (Å²) in [5.41, 5.74) is 3.24. The lowest BCUT2D eigenvalue weighted by Crippen LogP contribution is -2.30. The highest BCUT2D eigenvalue weighted by molar-refractivity contribution is 5.89. The molecule has 1 aromatic rings. The van der Waals surface area contributed by atoms with Crippen molar-refractivity contribution >= 4 is 5.97 Å². The van der Waals surface area contributed by atoms with Crippen LogP contribution in [0.25, 0.3) is 0 Å². The van der Waals surface area contributed by atoms with Crippen molar-refractivity contribution in [3.63, 3.8) is 0 Å². The minimum atomic E-state index is -0.255. The predicted octanol–water partition coefficient (Wildman–Crippen LogP) is 2.02. The first-order chi connectivity index (χ1) is 7.63. The average molecular weight is 219 g/mol. The molecule has 0 N–H and O–H groups in total. The van der Waals surface area contributed by atoms with Crippen molar-refractivity contribution < 1.29 is 9.53 Å². The maximum absolute atomic E-state index is 11.4. The first-order valence-electron chi connectivity index (χ1n) is 5.55. The van der Waals surface area contributed by atoms with Gasteiger partial charge in [0.25, 0.3) is 0 Å². The van der Waals surface area contributed by atoms with Crippen LogP contribution in [0.4, 0.5) is 0 Å². The quantitative estimate of drug-likeness (QED) is 0.677. The zero-order valence-electron chi connectivity index (χ0n) is 9.99. The Balaban J connectivity index is 2.37. The van der Waals surface area contributed by atoms with E-state index in [1.54, 1.807) is 0 Å². The monoisotopic (exact) mass is 219 g/mol. The summed E-state index contributed by atoms with van der Waals surface area (Å²) in [6.45, 7) is 3.23. The zero-order valence-corrected chi connectivity index (χ0v) is 9.99. The Morgan fingerprint density at radius 2 is 2.25 bits per heavy atom. The Morgan fingerprint density at radius 1 is 1.50 bits per heavy atom. The highest BCUT2D eigenvalue weighted by Gasteiger charge is 2.21. The number of hydrogen-bond acceptors (Lipinski definition) is 3. The second kappa shape index (κ2) is 4.26. The van der Waals surface area contributed by atoms with Crippen LogP contribution in [-0.2, 0) is 11.2 Å². The summed E-state index contributed by atoms with van der Waals surface area (Å²) in [6, 6.07) is 6.28. The van der Waals surface area contributed by atoms with E-state index in [4.69, 9.17) is 4.74 Å². The lowest BCUT2D eigenvalue weighted by Gasteiger charge is -2.32. The molecule has 0 saturated heterocycles. The molecule has 1 atom stereocenters. The van der Waals surface area contributed by atoms with Crippen molar-refractivity contribution in [1.29, 1.82) is 0 Å². The maximum atomic E-state index is 11.4. The van der Waals surface area contributed by atoms with Crippen molar-refractivity contribution in [3.05, 3.63) is 34.9 Å². The normalized spacial score (nSPS) is 20.3. The minimum absolute atomic E-state index is 0.255. The molecule has 0 amide bonds. The van der Waals surface area contributed by atoms with Crippen LogP contribution in [0, 0.1) is 0 Å². The minimum Gasteiger partial charge on any atom is -0.465 e. The molecular weight excluding hydrogens is 202 g/mol. The van der Waals surface area contributed by atoms with Crippen LogP contribution in [0.1, 0.15) is 34.5 Å². The fourth-order valence-electron chi connectivity index (χ4n) is 2.20. The average Bonchev–Trinajstić information content (AvgIpc) is 2.32. The molecule has 0 aliphatic carbocycles. The fourth-order valence-corrected chi connectivity index (χ4v) is 2.20. The summed E-state index contributed by atoms with van der Waals surface area (Å²) in [5, 5.41) is 0. The van der Waals surface area contributed by atoms with E-state index in [0.717, 1.165) is 13.0 Å². The van der Waals surface area contributed by atoms with Crippen molar-refractivity contribution in [2.45, 2.75) is 19.4 Å². The number of methoxy groups -OCH3 is 1. The number of ether oxygens (including phenoxy) is 1. The molecule has 2 rings (SSSR count). The van der Waals surface area contributed by atoms with Gasteiger partial charge in [-0.2, -0.15) is 0 Å². The van der Waals surface area contributed by atoms with Gasteiger partial charge in [0, 0.05) is 12.6 Å². The molecular formula is C13H17NO2. The fraction of sp³-hybridized carbons (Fsp3) is 0.462. The number of fused-ring (bicyclic) bond motifs is 1. The second-order valence-corrected chi connectivity index (χ2v) is 4.31. The Bertz CT molecular complexity index is 414. The standard InChI is InChI=1S/C13H17NO2/c1-9-12-5-4-11(13(15)16-3)8-10(12)6-7-14(9)2/h4-5,8-9H,6-7H2,1-3H3. The van der Waals surface area contributed by atoms with Gasteiger partial charge in [-0.3, -0.25) is 4.90 Å². The van der Waals surface area contributed by atoms with Crippen LogP contribution in [0.2, 0.25) is 0 Å². The molecule has 3 nitrogen and oxygen atoms in total. The number of benzene rings is 1. The van der Waals surface area contributed by atoms with Gasteiger partial charge < -0.3 is 4.74 Å². The van der Waals surface area contributed by atoms with Crippen LogP contribution < -0.4 is 0 Å². The molecule has 0 fully saturated rings. The predicted molar refractivity (Wildman–Crippen MR) is 62.5 cm³/mol. The second-order valence-electron chi connectivity index (χ2n) is 4.31. The topological polar surface area (TPSA) is 29.5 Å². The number of hydrogen-bond donors (Lipinski definition) is 0. The Hall–Kier alpha value is -1.35. The van der Waals surface area contributed by atoms with Crippen LogP contribution in [0.3, 0.4) is 0 Å². The highest BCUT2D eigenvalue weighted by Crippen LogP contribution is 2.28. The van der Waals surface area contributed by atoms with E-state index in [-0.39, 0.29) is 5.97 Å². The van der Waals surface area contributed by atoms with Crippen molar-refractivity contribution in [1.82, 2.24) is 4.90 Å². The van der Waals surface area contributed by atoms with Gasteiger partial charge in [-0.15, -0.1) is 0 Å². The van der Waals surface area contributed by atoms with Crippen molar-refractivity contribution in [2.24, 2.45) is 0 Å². The van der Waals surface area contributed by atoms with Gasteiger partial charge in [0.2, 0.25) is 0 Å². The summed E-state index contributed by atoms with van der Waals surface area (Å²) in [4.78, 5) is 13.7. The molecule has 3 heteroatoms. The lowest BCUT2D eigenvalue weighted by molar-refractivity contribution is 0.0600. The summed E-state index contributed by atoms with van der Waals surface area (Å²) < 4.78 is 4.73. The van der Waals surface area contributed by atoms with Gasteiger partial charge in [-0.05, 0) is 43.7 Å². The molecule has 1 unspecified atom stereocenters. The third-order valence-corrected chi connectivity index (χ3v) is 3.41. The Labute approximate surface area is 96.0 Å². The number of carbonyl (C=O) groups is 1. The van der Waals surface area contributed by atoms with E-state index < -0.39 is 0 Å². The summed E-state index contributed by atoms with van der Waals surface area (Å²) in [5.74, 6) is -0.255. The lowest BCUT2D eigenvalue weighted by atomic mass is 9.92. The van der Waals surface area contributed by atoms with Crippen molar-refractivity contribution in [2.75, 3.05) is 20.7 Å². The van der Waals surface area contributed by atoms with Crippen molar-refractivity contribution in [3.8, 4) is 0 Å². The molecule has 1 aromatic carbocycles. The van der Waals surface area contributed by atoms with Crippen LogP contribution >= 0.6 is 0 Å².